The van der Waals surface area contributed by atoms with Crippen molar-refractivity contribution in [2.75, 3.05) is 20.4 Å². The minimum absolute atomic E-state index is 0.126. The predicted octanol–water partition coefficient (Wildman–Crippen LogP) is 8.95. The lowest BCUT2D eigenvalue weighted by molar-refractivity contribution is 0.0909. The van der Waals surface area contributed by atoms with E-state index in [9.17, 15) is 28.8 Å². The van der Waals surface area contributed by atoms with Crippen LogP contribution in [0.2, 0.25) is 0 Å². The van der Waals surface area contributed by atoms with Crippen molar-refractivity contribution in [2.45, 2.75) is 5.41 Å². The highest BCUT2D eigenvalue weighted by Gasteiger charge is 2.46. The quantitative estimate of drug-likeness (QED) is 0.144. The van der Waals surface area contributed by atoms with Crippen molar-refractivity contribution in [3.05, 3.63) is 238 Å². The summed E-state index contributed by atoms with van der Waals surface area (Å²) in [6, 6.07) is 50.6. The molecule has 0 atom stereocenters. The van der Waals surface area contributed by atoms with E-state index in [-0.39, 0.29) is 45.0 Å². The first-order valence-electron chi connectivity index (χ1n) is 20.6. The molecule has 0 spiro atoms. The van der Waals surface area contributed by atoms with Crippen LogP contribution in [0.4, 0.5) is 23.0 Å². The summed E-state index contributed by atoms with van der Waals surface area (Å²) in [5.41, 5.74) is 7.45. The summed E-state index contributed by atoms with van der Waals surface area (Å²) in [5.74, 6) is -2.60. The third-order valence-corrected chi connectivity index (χ3v) is 12.2. The van der Waals surface area contributed by atoms with Gasteiger partial charge in [0.15, 0.2) is 0 Å². The van der Waals surface area contributed by atoms with Gasteiger partial charge in [0.25, 0.3) is 35.4 Å². The Morgan fingerprint density at radius 3 is 1.18 bits per heavy atom. The Kier molecular flexibility index (Phi) is 8.96. The molecule has 0 saturated heterocycles. The summed E-state index contributed by atoms with van der Waals surface area (Å²) in [5, 5.41) is 5.90. The zero-order valence-corrected chi connectivity index (χ0v) is 34.1. The lowest BCUT2D eigenvalue weighted by atomic mass is 9.67. The highest BCUT2D eigenvalue weighted by Crippen LogP contribution is 2.56. The van der Waals surface area contributed by atoms with Crippen LogP contribution < -0.4 is 20.4 Å². The Balaban J connectivity index is 0.879. The molecular formula is C53H32N6O6. The third kappa shape index (κ3) is 6.07. The fraction of sp³-hybridized carbons (Fsp3) is 0.0189. The predicted molar refractivity (Wildman–Crippen MR) is 243 cm³/mol. The molecule has 0 bridgehead atoms. The topological polar surface area (TPSA) is 159 Å². The molecule has 3 aliphatic rings. The molecule has 12 heteroatoms. The molecule has 4 heterocycles. The molecule has 2 aliphatic heterocycles. The number of nitrogens with one attached hydrogen (secondary N) is 2. The van der Waals surface area contributed by atoms with Gasteiger partial charge in [-0.05, 0) is 118 Å². The number of rotatable bonds is 8. The molecule has 2 N–H and O–H groups in total. The van der Waals surface area contributed by atoms with Crippen LogP contribution in [0, 0.1) is 0 Å². The van der Waals surface area contributed by atoms with Crippen molar-refractivity contribution in [1.29, 1.82) is 0 Å². The maximum Gasteiger partial charge on any atom is 0.267 e. The molecule has 0 fully saturated rings. The van der Waals surface area contributed by atoms with Gasteiger partial charge in [0.1, 0.15) is 11.6 Å². The zero-order valence-electron chi connectivity index (χ0n) is 34.1. The number of imide groups is 2. The molecule has 0 unspecified atom stereocenters. The molecular weight excluding hydrogens is 817 g/mol. The summed E-state index contributed by atoms with van der Waals surface area (Å²) in [6.45, 7) is 0. The van der Waals surface area contributed by atoms with Gasteiger partial charge in [0, 0.05) is 34.9 Å². The molecule has 0 radical (unpaired) electrons. The number of pyridine rings is 2. The van der Waals surface area contributed by atoms with Crippen LogP contribution in [0.1, 0.15) is 84.4 Å². The lowest BCUT2D eigenvalue weighted by Crippen LogP contribution is -2.30. The van der Waals surface area contributed by atoms with Crippen LogP contribution in [0.5, 0.6) is 0 Å². The van der Waals surface area contributed by atoms with Gasteiger partial charge < -0.3 is 10.6 Å². The number of nitrogens with zero attached hydrogens (tertiary/aromatic N) is 4. The van der Waals surface area contributed by atoms with E-state index in [0.29, 0.717) is 11.4 Å². The van der Waals surface area contributed by atoms with Gasteiger partial charge in [-0.25, -0.2) is 19.8 Å². The molecule has 1 aliphatic carbocycles. The monoisotopic (exact) mass is 848 g/mol. The Morgan fingerprint density at radius 1 is 0.400 bits per heavy atom. The van der Waals surface area contributed by atoms with E-state index < -0.39 is 40.9 Å². The maximum atomic E-state index is 13.7. The van der Waals surface area contributed by atoms with Crippen LogP contribution in [-0.4, -0.2) is 45.4 Å². The molecule has 6 amide bonds. The molecule has 310 valence electrons. The first-order chi connectivity index (χ1) is 31.7. The Labute approximate surface area is 370 Å². The average molecular weight is 849 g/mol. The van der Waals surface area contributed by atoms with Gasteiger partial charge in [-0.2, -0.15) is 0 Å². The number of carbonyl (C=O) groups is 6. The van der Waals surface area contributed by atoms with Crippen molar-refractivity contribution in [1.82, 2.24) is 9.97 Å². The van der Waals surface area contributed by atoms with Crippen LogP contribution in [0.25, 0.3) is 11.1 Å². The molecule has 12 nitrogen and oxygen atoms in total. The summed E-state index contributed by atoms with van der Waals surface area (Å²) in [6.07, 6.45) is 3.00. The third-order valence-electron chi connectivity index (χ3n) is 12.2. The van der Waals surface area contributed by atoms with Crippen molar-refractivity contribution < 1.29 is 28.8 Å². The number of carbonyl (C=O) groups excluding carboxylic acids is 6. The van der Waals surface area contributed by atoms with E-state index in [0.717, 1.165) is 43.2 Å². The number of hydrogen-bond donors (Lipinski definition) is 2. The van der Waals surface area contributed by atoms with Crippen LogP contribution in [-0.2, 0) is 5.41 Å². The van der Waals surface area contributed by atoms with Crippen LogP contribution in [0.3, 0.4) is 0 Å². The van der Waals surface area contributed by atoms with E-state index in [1.807, 2.05) is 72.8 Å². The largest absolute Gasteiger partial charge is 0.322 e. The first-order valence-corrected chi connectivity index (χ1v) is 20.6. The van der Waals surface area contributed by atoms with Crippen LogP contribution >= 0.6 is 0 Å². The zero-order chi connectivity index (χ0) is 44.4. The first kappa shape index (κ1) is 38.7. The summed E-state index contributed by atoms with van der Waals surface area (Å²) >= 11 is 0. The standard InChI is InChI=1S/C53H32N6O6/c60-47(31-15-25-39-41(29-31)51(64)58(49(39)62)45-13-5-7-27-54-45)56-35-21-17-33(18-22-35)53(43-11-3-1-9-37(43)38-10-2-4-12-44(38)53)34-19-23-36(24-20-34)57-48(61)32-16-26-40-42(30-32)52(65)59(50(40)63)46-14-6-8-28-55-46/h1-30H,(H,56,60)(H,57,61). The van der Waals surface area contributed by atoms with Crippen molar-refractivity contribution in [3.63, 3.8) is 0 Å². The van der Waals surface area contributed by atoms with Gasteiger partial charge in [0.2, 0.25) is 0 Å². The second-order valence-electron chi connectivity index (χ2n) is 15.7. The van der Waals surface area contributed by atoms with E-state index in [4.69, 9.17) is 0 Å². The second kappa shape index (κ2) is 15.0. The minimum Gasteiger partial charge on any atom is -0.322 e. The van der Waals surface area contributed by atoms with Gasteiger partial charge in [-0.1, -0.05) is 84.9 Å². The SMILES string of the molecule is O=C(Nc1ccc(C2(c3ccc(NC(=O)c4ccc5c(c4)C(=O)N(c4ccccn4)C5=O)cc3)c3ccccc3-c3ccccc32)cc1)c1ccc2c(c1)C(=O)N(c1ccccn1)C2=O. The fourth-order valence-corrected chi connectivity index (χ4v) is 9.19. The number of benzene rings is 6. The molecule has 0 saturated carbocycles. The Morgan fingerprint density at radius 2 is 0.785 bits per heavy atom. The summed E-state index contributed by atoms with van der Waals surface area (Å²) in [7, 11) is 0. The maximum absolute atomic E-state index is 13.7. The molecule has 8 aromatic rings. The van der Waals surface area contributed by atoms with E-state index in [2.05, 4.69) is 44.9 Å². The van der Waals surface area contributed by atoms with Crippen molar-refractivity contribution in [3.8, 4) is 11.1 Å². The van der Waals surface area contributed by atoms with Gasteiger partial charge in [0.05, 0.1) is 27.7 Å². The fourth-order valence-electron chi connectivity index (χ4n) is 9.19. The average Bonchev–Trinajstić information content (AvgIpc) is 3.90. The van der Waals surface area contributed by atoms with Crippen molar-refractivity contribution in [2.24, 2.45) is 0 Å². The van der Waals surface area contributed by atoms with Gasteiger partial charge in [-0.15, -0.1) is 0 Å². The number of anilines is 4. The normalized spacial score (nSPS) is 14.2. The Bertz CT molecular complexity index is 3110. The number of aromatic nitrogens is 2. The summed E-state index contributed by atoms with van der Waals surface area (Å²) < 4.78 is 0. The molecule has 2 aromatic heterocycles. The van der Waals surface area contributed by atoms with Gasteiger partial charge >= 0.3 is 0 Å². The van der Waals surface area contributed by atoms with Crippen LogP contribution in [0.15, 0.2) is 182 Å². The number of hydrogen-bond acceptors (Lipinski definition) is 8. The smallest absolute Gasteiger partial charge is 0.267 e. The van der Waals surface area contributed by atoms with Crippen molar-refractivity contribution >= 4 is 58.5 Å². The lowest BCUT2D eigenvalue weighted by Gasteiger charge is -2.34. The molecule has 65 heavy (non-hydrogen) atoms. The van der Waals surface area contributed by atoms with E-state index in [1.54, 1.807) is 36.4 Å². The van der Waals surface area contributed by atoms with E-state index >= 15 is 0 Å². The summed E-state index contributed by atoms with van der Waals surface area (Å²) in [4.78, 5) is 90.6. The molecule has 11 rings (SSSR count). The molecule has 6 aromatic carbocycles. The highest BCUT2D eigenvalue weighted by atomic mass is 16.2. The van der Waals surface area contributed by atoms with Gasteiger partial charge in [-0.3, -0.25) is 28.8 Å². The van der Waals surface area contributed by atoms with E-state index in [1.165, 1.54) is 48.8 Å². The number of amides is 6. The second-order valence-corrected chi connectivity index (χ2v) is 15.7. The highest BCUT2D eigenvalue weighted by molar-refractivity contribution is 6.35. The minimum atomic E-state index is -0.795. The Hall–Kier alpha value is -9.16. The number of fused-ring (bicyclic) bond motifs is 5.